The van der Waals surface area contributed by atoms with Gasteiger partial charge in [-0.1, -0.05) is 24.3 Å². The molecule has 1 aromatic carbocycles. The molecule has 1 aliphatic heterocycles. The summed E-state index contributed by atoms with van der Waals surface area (Å²) in [7, 11) is 0. The van der Waals surface area contributed by atoms with Crippen molar-refractivity contribution in [2.24, 2.45) is 5.92 Å². The van der Waals surface area contributed by atoms with Crippen molar-refractivity contribution in [1.29, 1.82) is 0 Å². The highest BCUT2D eigenvalue weighted by atomic mass is 16.6. The zero-order valence-electron chi connectivity index (χ0n) is 18.9. The molecule has 0 saturated carbocycles. The molecule has 0 unspecified atom stereocenters. The van der Waals surface area contributed by atoms with E-state index in [1.807, 2.05) is 30.3 Å². The normalized spacial score (nSPS) is 25.2. The highest BCUT2D eigenvalue weighted by Crippen LogP contribution is 2.23. The van der Waals surface area contributed by atoms with E-state index in [1.165, 1.54) is 0 Å². The standard InChI is InChI=1S/C24H34O7/c1-6-13-28-20-16-27-14-12-18(15-21(25)31-24(3,4)5)23(26)29-17(2)22(20)30-19-10-8-7-9-11-19/h6-11,17-18,20,22H,1,12-16H2,2-5H3/t17-,18+,20-,22-/m0/s1. The van der Waals surface area contributed by atoms with Crippen LogP contribution < -0.4 is 4.74 Å². The number of ether oxygens (including phenoxy) is 5. The van der Waals surface area contributed by atoms with Crippen LogP contribution in [0.15, 0.2) is 43.0 Å². The molecule has 1 aliphatic rings. The van der Waals surface area contributed by atoms with Crippen LogP contribution in [-0.2, 0) is 28.5 Å². The predicted octanol–water partition coefficient (Wildman–Crippen LogP) is 3.71. The second kappa shape index (κ2) is 11.9. The molecular weight excluding hydrogens is 400 g/mol. The van der Waals surface area contributed by atoms with Gasteiger partial charge in [-0.05, 0) is 46.2 Å². The predicted molar refractivity (Wildman–Crippen MR) is 116 cm³/mol. The smallest absolute Gasteiger partial charge is 0.310 e. The van der Waals surface area contributed by atoms with E-state index < -0.39 is 41.8 Å². The molecule has 2 rings (SSSR count). The highest BCUT2D eigenvalue weighted by Gasteiger charge is 2.36. The first-order chi connectivity index (χ1) is 14.7. The van der Waals surface area contributed by atoms with Gasteiger partial charge in [-0.2, -0.15) is 0 Å². The zero-order chi connectivity index (χ0) is 22.9. The van der Waals surface area contributed by atoms with Crippen molar-refractivity contribution in [3.8, 4) is 5.75 Å². The van der Waals surface area contributed by atoms with Crippen molar-refractivity contribution in [1.82, 2.24) is 0 Å². The van der Waals surface area contributed by atoms with Gasteiger partial charge in [-0.25, -0.2) is 0 Å². The monoisotopic (exact) mass is 434 g/mol. The van der Waals surface area contributed by atoms with E-state index >= 15 is 0 Å². The van der Waals surface area contributed by atoms with Crippen LogP contribution in [0.3, 0.4) is 0 Å². The molecule has 0 aromatic heterocycles. The number of hydrogen-bond acceptors (Lipinski definition) is 7. The first-order valence-electron chi connectivity index (χ1n) is 10.6. The van der Waals surface area contributed by atoms with Gasteiger partial charge in [-0.15, -0.1) is 6.58 Å². The molecule has 4 atom stereocenters. The molecule has 1 saturated heterocycles. The molecule has 1 heterocycles. The number of carbonyl (C=O) groups excluding carboxylic acids is 2. The maximum absolute atomic E-state index is 12.9. The van der Waals surface area contributed by atoms with Crippen LogP contribution in [0.2, 0.25) is 0 Å². The summed E-state index contributed by atoms with van der Waals surface area (Å²) < 4.78 is 28.9. The van der Waals surface area contributed by atoms with E-state index in [1.54, 1.807) is 33.8 Å². The number of benzene rings is 1. The van der Waals surface area contributed by atoms with Gasteiger partial charge >= 0.3 is 11.9 Å². The van der Waals surface area contributed by atoms with Gasteiger partial charge in [0.15, 0.2) is 6.10 Å². The minimum atomic E-state index is -0.652. The summed E-state index contributed by atoms with van der Waals surface area (Å²) in [5, 5.41) is 0. The first-order valence-corrected chi connectivity index (χ1v) is 10.6. The van der Waals surface area contributed by atoms with Crippen LogP contribution in [0.25, 0.3) is 0 Å². The van der Waals surface area contributed by atoms with E-state index in [4.69, 9.17) is 23.7 Å². The van der Waals surface area contributed by atoms with Crippen molar-refractivity contribution in [2.45, 2.75) is 64.4 Å². The van der Waals surface area contributed by atoms with Gasteiger partial charge < -0.3 is 23.7 Å². The molecule has 7 heteroatoms. The fourth-order valence-corrected chi connectivity index (χ4v) is 3.22. The first kappa shape index (κ1) is 24.9. The van der Waals surface area contributed by atoms with Gasteiger partial charge in [0.25, 0.3) is 0 Å². The lowest BCUT2D eigenvalue weighted by Crippen LogP contribution is -2.48. The van der Waals surface area contributed by atoms with Crippen molar-refractivity contribution < 1.29 is 33.3 Å². The Kier molecular flexibility index (Phi) is 9.52. The second-order valence-corrected chi connectivity index (χ2v) is 8.55. The molecule has 0 spiro atoms. The summed E-state index contributed by atoms with van der Waals surface area (Å²) in [5.41, 5.74) is -0.620. The minimum Gasteiger partial charge on any atom is -0.484 e. The Morgan fingerprint density at radius 2 is 1.97 bits per heavy atom. The van der Waals surface area contributed by atoms with Gasteiger partial charge in [0, 0.05) is 6.61 Å². The topological polar surface area (TPSA) is 80.3 Å². The Hall–Kier alpha value is -2.38. The van der Waals surface area contributed by atoms with Crippen LogP contribution in [0.5, 0.6) is 5.75 Å². The summed E-state index contributed by atoms with van der Waals surface area (Å²) in [6.45, 7) is 11.7. The Morgan fingerprint density at radius 1 is 1.26 bits per heavy atom. The molecule has 1 aromatic rings. The third-order valence-corrected chi connectivity index (χ3v) is 4.63. The SMILES string of the molecule is C=CCO[C@H]1COCC[C@H](CC(=O)OC(C)(C)C)C(=O)O[C@@H](C)[C@@H]1Oc1ccccc1. The Balaban J connectivity index is 2.15. The fraction of sp³-hybridized carbons (Fsp3) is 0.583. The van der Waals surface area contributed by atoms with Gasteiger partial charge in [0.2, 0.25) is 0 Å². The lowest BCUT2D eigenvalue weighted by atomic mass is 10.0. The average molecular weight is 435 g/mol. The third kappa shape index (κ3) is 8.71. The molecule has 0 amide bonds. The number of para-hydroxylation sites is 1. The van der Waals surface area contributed by atoms with Crippen molar-refractivity contribution >= 4 is 11.9 Å². The summed E-state index contributed by atoms with van der Waals surface area (Å²) in [6, 6.07) is 9.26. The fourth-order valence-electron chi connectivity index (χ4n) is 3.22. The molecule has 0 aliphatic carbocycles. The average Bonchev–Trinajstić information content (AvgIpc) is 2.69. The Morgan fingerprint density at radius 3 is 2.61 bits per heavy atom. The third-order valence-electron chi connectivity index (χ3n) is 4.63. The second-order valence-electron chi connectivity index (χ2n) is 8.55. The number of rotatable bonds is 7. The molecule has 0 radical (unpaired) electrons. The van der Waals surface area contributed by atoms with Crippen LogP contribution >= 0.6 is 0 Å². The van der Waals surface area contributed by atoms with Crippen LogP contribution in [0, 0.1) is 5.92 Å². The lowest BCUT2D eigenvalue weighted by Gasteiger charge is -2.33. The molecule has 31 heavy (non-hydrogen) atoms. The molecule has 0 N–H and O–H groups in total. The quantitative estimate of drug-likeness (QED) is 0.478. The number of hydrogen-bond donors (Lipinski definition) is 0. The molecule has 1 fully saturated rings. The number of cyclic esters (lactones) is 1. The van der Waals surface area contributed by atoms with Gasteiger partial charge in [0.1, 0.15) is 23.6 Å². The molecular formula is C24H34O7. The van der Waals surface area contributed by atoms with E-state index in [9.17, 15) is 9.59 Å². The highest BCUT2D eigenvalue weighted by molar-refractivity contribution is 5.80. The maximum Gasteiger partial charge on any atom is 0.310 e. The van der Waals surface area contributed by atoms with Crippen LogP contribution in [0.4, 0.5) is 0 Å². The van der Waals surface area contributed by atoms with E-state index in [0.717, 1.165) is 0 Å². The lowest BCUT2D eigenvalue weighted by molar-refractivity contribution is -0.173. The number of esters is 2. The maximum atomic E-state index is 12.9. The van der Waals surface area contributed by atoms with E-state index in [2.05, 4.69) is 6.58 Å². The summed E-state index contributed by atoms with van der Waals surface area (Å²) in [4.78, 5) is 25.1. The van der Waals surface area contributed by atoms with Crippen molar-refractivity contribution in [3.05, 3.63) is 43.0 Å². The largest absolute Gasteiger partial charge is 0.484 e. The molecule has 7 nitrogen and oxygen atoms in total. The molecule has 0 bridgehead atoms. The summed E-state index contributed by atoms with van der Waals surface area (Å²) in [6.07, 6.45) is 0.224. The van der Waals surface area contributed by atoms with E-state index in [-0.39, 0.29) is 19.6 Å². The van der Waals surface area contributed by atoms with Gasteiger partial charge in [-0.3, -0.25) is 9.59 Å². The van der Waals surface area contributed by atoms with E-state index in [0.29, 0.717) is 18.8 Å². The van der Waals surface area contributed by atoms with Gasteiger partial charge in [0.05, 0.1) is 25.6 Å². The zero-order valence-corrected chi connectivity index (χ0v) is 18.9. The van der Waals surface area contributed by atoms with Crippen LogP contribution in [-0.4, -0.2) is 55.7 Å². The summed E-state index contributed by atoms with van der Waals surface area (Å²) in [5.74, 6) is -0.943. The minimum absolute atomic E-state index is 0.0627. The Labute approximate surface area is 184 Å². The Bertz CT molecular complexity index is 710. The van der Waals surface area contributed by atoms with Crippen molar-refractivity contribution in [3.63, 3.8) is 0 Å². The van der Waals surface area contributed by atoms with Crippen molar-refractivity contribution in [2.75, 3.05) is 19.8 Å². The van der Waals surface area contributed by atoms with Crippen LogP contribution in [0.1, 0.15) is 40.5 Å². The molecule has 172 valence electrons. The summed E-state index contributed by atoms with van der Waals surface area (Å²) >= 11 is 0. The number of carbonyl (C=O) groups is 2.